The van der Waals surface area contributed by atoms with Gasteiger partial charge >= 0.3 is 11.1 Å². The minimum atomic E-state index is -0.628. The largest absolute Gasteiger partial charge is 0.490 e. The van der Waals surface area contributed by atoms with Crippen LogP contribution >= 0.6 is 0 Å². The lowest BCUT2D eigenvalue weighted by Crippen LogP contribution is -2.39. The van der Waals surface area contributed by atoms with Gasteiger partial charge in [-0.2, -0.15) is 0 Å². The third-order valence-electron chi connectivity index (χ3n) is 4.55. The highest BCUT2D eigenvalue weighted by molar-refractivity contribution is 6.05. The van der Waals surface area contributed by atoms with Crippen LogP contribution in [0.5, 0.6) is 11.5 Å². The molecule has 8 heteroatoms. The number of fused-ring (bicyclic) bond motifs is 1. The number of benzene rings is 2. The Morgan fingerprint density at radius 1 is 0.862 bits per heavy atom. The first kappa shape index (κ1) is 20.2. The Morgan fingerprint density at radius 2 is 1.48 bits per heavy atom. The SMILES string of the molecule is CCOc1ccc(C(=O)Nc2ccc3c(c2)n(C)c(=O)c(=O)n3C)cc1OCC. The molecule has 29 heavy (non-hydrogen) atoms. The van der Waals surface area contributed by atoms with E-state index >= 15 is 0 Å². The molecule has 0 radical (unpaired) electrons. The molecule has 1 aromatic heterocycles. The third kappa shape index (κ3) is 3.87. The summed E-state index contributed by atoms with van der Waals surface area (Å²) in [5.74, 6) is 0.744. The summed E-state index contributed by atoms with van der Waals surface area (Å²) >= 11 is 0. The number of aryl methyl sites for hydroxylation is 2. The molecule has 3 aromatic rings. The highest BCUT2D eigenvalue weighted by Gasteiger charge is 2.13. The van der Waals surface area contributed by atoms with Crippen LogP contribution in [0.15, 0.2) is 46.0 Å². The molecule has 0 unspecified atom stereocenters. The van der Waals surface area contributed by atoms with E-state index in [1.807, 2.05) is 13.8 Å². The van der Waals surface area contributed by atoms with E-state index in [1.54, 1.807) is 43.4 Å². The number of hydrogen-bond donors (Lipinski definition) is 1. The zero-order valence-electron chi connectivity index (χ0n) is 16.8. The fourth-order valence-electron chi connectivity index (χ4n) is 3.05. The Labute approximate surface area is 167 Å². The van der Waals surface area contributed by atoms with Crippen molar-refractivity contribution in [1.82, 2.24) is 9.13 Å². The number of nitrogens with one attached hydrogen (secondary N) is 1. The highest BCUT2D eigenvalue weighted by atomic mass is 16.5. The molecule has 0 atom stereocenters. The van der Waals surface area contributed by atoms with Gasteiger partial charge in [0.2, 0.25) is 0 Å². The Morgan fingerprint density at radius 3 is 2.14 bits per heavy atom. The second-order valence-corrected chi connectivity index (χ2v) is 6.41. The Hall–Kier alpha value is -3.55. The van der Waals surface area contributed by atoms with Gasteiger partial charge in [0.25, 0.3) is 5.91 Å². The van der Waals surface area contributed by atoms with Gasteiger partial charge in [-0.3, -0.25) is 14.4 Å². The standard InChI is InChI=1S/C21H23N3O5/c1-5-28-17-10-7-13(11-18(17)29-6-2)19(25)22-14-8-9-15-16(12-14)24(4)21(27)20(26)23(15)3/h7-12H,5-6H2,1-4H3,(H,22,25). The summed E-state index contributed by atoms with van der Waals surface area (Å²) in [5.41, 5.74) is 0.812. The number of aromatic nitrogens is 2. The number of nitrogens with zero attached hydrogens (tertiary/aromatic N) is 2. The molecule has 0 bridgehead atoms. The zero-order chi connectivity index (χ0) is 21.1. The van der Waals surface area contributed by atoms with Crippen LogP contribution in [0, 0.1) is 0 Å². The van der Waals surface area contributed by atoms with E-state index in [-0.39, 0.29) is 5.91 Å². The van der Waals surface area contributed by atoms with Crippen LogP contribution < -0.4 is 25.9 Å². The van der Waals surface area contributed by atoms with Gasteiger partial charge in [-0.15, -0.1) is 0 Å². The molecule has 2 aromatic carbocycles. The van der Waals surface area contributed by atoms with E-state index in [2.05, 4.69) is 5.32 Å². The van der Waals surface area contributed by atoms with E-state index in [1.165, 1.54) is 16.2 Å². The van der Waals surface area contributed by atoms with Crippen molar-refractivity contribution in [2.24, 2.45) is 14.1 Å². The van der Waals surface area contributed by atoms with Crippen molar-refractivity contribution in [3.8, 4) is 11.5 Å². The molecule has 0 saturated heterocycles. The summed E-state index contributed by atoms with van der Waals surface area (Å²) in [6.07, 6.45) is 0. The molecule has 1 amide bonds. The van der Waals surface area contributed by atoms with Gasteiger partial charge in [0.1, 0.15) is 0 Å². The Balaban J connectivity index is 1.95. The smallest absolute Gasteiger partial charge is 0.316 e. The third-order valence-corrected chi connectivity index (χ3v) is 4.55. The normalized spacial score (nSPS) is 10.8. The lowest BCUT2D eigenvalue weighted by molar-refractivity contribution is 0.102. The van der Waals surface area contributed by atoms with Gasteiger partial charge < -0.3 is 23.9 Å². The maximum atomic E-state index is 12.7. The number of anilines is 1. The average molecular weight is 397 g/mol. The molecule has 0 aliphatic rings. The molecule has 0 aliphatic carbocycles. The van der Waals surface area contributed by atoms with Crippen molar-refractivity contribution < 1.29 is 14.3 Å². The number of rotatable bonds is 6. The number of amides is 1. The topological polar surface area (TPSA) is 91.6 Å². The van der Waals surface area contributed by atoms with Crippen molar-refractivity contribution in [3.63, 3.8) is 0 Å². The minimum Gasteiger partial charge on any atom is -0.490 e. The number of hydrogen-bond acceptors (Lipinski definition) is 5. The number of carbonyl (C=O) groups excluding carboxylic acids is 1. The summed E-state index contributed by atoms with van der Waals surface area (Å²) in [4.78, 5) is 36.7. The molecular formula is C21H23N3O5. The van der Waals surface area contributed by atoms with Crippen molar-refractivity contribution in [2.75, 3.05) is 18.5 Å². The monoisotopic (exact) mass is 397 g/mol. The predicted octanol–water partition coefficient (Wildman–Crippen LogP) is 2.29. The van der Waals surface area contributed by atoms with Gasteiger partial charge in [-0.1, -0.05) is 0 Å². The average Bonchev–Trinajstić information content (AvgIpc) is 2.72. The van der Waals surface area contributed by atoms with E-state index in [9.17, 15) is 14.4 Å². The van der Waals surface area contributed by atoms with Crippen LogP contribution in [-0.2, 0) is 14.1 Å². The first-order chi connectivity index (χ1) is 13.9. The van der Waals surface area contributed by atoms with Crippen LogP contribution in [0.1, 0.15) is 24.2 Å². The van der Waals surface area contributed by atoms with Crippen LogP contribution in [0.3, 0.4) is 0 Å². The lowest BCUT2D eigenvalue weighted by atomic mass is 10.1. The molecular weight excluding hydrogens is 374 g/mol. The molecule has 152 valence electrons. The van der Waals surface area contributed by atoms with Crippen molar-refractivity contribution in [1.29, 1.82) is 0 Å². The van der Waals surface area contributed by atoms with Gasteiger partial charge in [0.15, 0.2) is 11.5 Å². The Kier molecular flexibility index (Phi) is 5.72. The van der Waals surface area contributed by atoms with Gasteiger partial charge in [0.05, 0.1) is 24.2 Å². The maximum absolute atomic E-state index is 12.7. The highest BCUT2D eigenvalue weighted by Crippen LogP contribution is 2.29. The van der Waals surface area contributed by atoms with Gasteiger partial charge in [0, 0.05) is 25.3 Å². The number of carbonyl (C=O) groups is 1. The molecule has 3 rings (SSSR count). The Bertz CT molecular complexity index is 1190. The molecule has 1 heterocycles. The minimum absolute atomic E-state index is 0.330. The number of ether oxygens (including phenoxy) is 2. The van der Waals surface area contributed by atoms with Crippen molar-refractivity contribution in [2.45, 2.75) is 13.8 Å². The van der Waals surface area contributed by atoms with Crippen LogP contribution in [-0.4, -0.2) is 28.3 Å². The molecule has 0 fully saturated rings. The van der Waals surface area contributed by atoms with Crippen molar-refractivity contribution in [3.05, 3.63) is 62.7 Å². The molecule has 0 spiro atoms. The van der Waals surface area contributed by atoms with Crippen LogP contribution in [0.2, 0.25) is 0 Å². The van der Waals surface area contributed by atoms with Crippen LogP contribution in [0.4, 0.5) is 5.69 Å². The predicted molar refractivity (Wildman–Crippen MR) is 111 cm³/mol. The molecule has 0 saturated carbocycles. The maximum Gasteiger partial charge on any atom is 0.316 e. The van der Waals surface area contributed by atoms with Gasteiger partial charge in [-0.25, -0.2) is 0 Å². The second kappa shape index (κ2) is 8.22. The summed E-state index contributed by atoms with van der Waals surface area (Å²) in [6.45, 7) is 4.67. The van der Waals surface area contributed by atoms with E-state index in [0.717, 1.165) is 0 Å². The summed E-state index contributed by atoms with van der Waals surface area (Å²) in [7, 11) is 3.07. The first-order valence-electron chi connectivity index (χ1n) is 9.28. The van der Waals surface area contributed by atoms with E-state index in [0.29, 0.717) is 47.0 Å². The zero-order valence-corrected chi connectivity index (χ0v) is 16.8. The molecule has 8 nitrogen and oxygen atoms in total. The fraction of sp³-hybridized carbons (Fsp3) is 0.286. The summed E-state index contributed by atoms with van der Waals surface area (Å²) in [6, 6.07) is 10.0. The van der Waals surface area contributed by atoms with E-state index in [4.69, 9.17) is 9.47 Å². The second-order valence-electron chi connectivity index (χ2n) is 6.41. The fourth-order valence-corrected chi connectivity index (χ4v) is 3.05. The van der Waals surface area contributed by atoms with Gasteiger partial charge in [-0.05, 0) is 50.2 Å². The quantitative estimate of drug-likeness (QED) is 0.645. The lowest BCUT2D eigenvalue weighted by Gasteiger charge is -2.13. The molecule has 1 N–H and O–H groups in total. The van der Waals surface area contributed by atoms with Crippen molar-refractivity contribution >= 4 is 22.6 Å². The summed E-state index contributed by atoms with van der Waals surface area (Å²) < 4.78 is 13.7. The van der Waals surface area contributed by atoms with E-state index < -0.39 is 11.1 Å². The van der Waals surface area contributed by atoms with Crippen LogP contribution in [0.25, 0.3) is 11.0 Å². The summed E-state index contributed by atoms with van der Waals surface area (Å²) in [5, 5.41) is 2.81. The first-order valence-corrected chi connectivity index (χ1v) is 9.28. The molecule has 0 aliphatic heterocycles.